The van der Waals surface area contributed by atoms with Crippen LogP contribution in [-0.4, -0.2) is 10.1 Å². The fraction of sp³-hybridized carbons (Fsp3) is 0.444. The molecule has 0 saturated heterocycles. The van der Waals surface area contributed by atoms with Crippen LogP contribution >= 0.6 is 0 Å². The van der Waals surface area contributed by atoms with Crippen molar-refractivity contribution in [3.63, 3.8) is 0 Å². The van der Waals surface area contributed by atoms with E-state index < -0.39 is 12.0 Å². The second-order valence-electron chi connectivity index (χ2n) is 3.30. The van der Waals surface area contributed by atoms with E-state index in [1.54, 1.807) is 0 Å². The minimum Gasteiger partial charge on any atom is -0.386 e. The summed E-state index contributed by atoms with van der Waals surface area (Å²) in [4.78, 5) is 3.53. The number of pyridine rings is 1. The maximum absolute atomic E-state index is 12.4. The van der Waals surface area contributed by atoms with Crippen LogP contribution in [0.25, 0.3) is 0 Å². The summed E-state index contributed by atoms with van der Waals surface area (Å²) in [6.45, 7) is 2.91. The minimum absolute atomic E-state index is 0.171. The highest BCUT2D eigenvalue weighted by atomic mass is 19.3. The lowest BCUT2D eigenvalue weighted by molar-refractivity contribution is 0.0685. The van der Waals surface area contributed by atoms with E-state index >= 15 is 0 Å². The Balaban J connectivity index is 3.20. The van der Waals surface area contributed by atoms with Crippen molar-refractivity contribution in [2.75, 3.05) is 0 Å². The number of rotatable bonds is 2. The molecule has 0 radical (unpaired) electrons. The Morgan fingerprint density at radius 1 is 1.46 bits per heavy atom. The molecule has 1 N–H and O–H groups in total. The number of aromatic nitrogens is 1. The highest BCUT2D eigenvalue weighted by molar-refractivity contribution is 5.26. The van der Waals surface area contributed by atoms with Crippen molar-refractivity contribution in [3.8, 4) is 0 Å². The Labute approximate surface area is 75.2 Å². The molecule has 1 aromatic heterocycles. The summed E-state index contributed by atoms with van der Waals surface area (Å²) in [6, 6.07) is 2.98. The van der Waals surface area contributed by atoms with E-state index in [1.165, 1.54) is 32.2 Å². The zero-order chi connectivity index (χ0) is 10.1. The molecule has 0 saturated carbocycles. The fourth-order valence-corrected chi connectivity index (χ4v) is 1.11. The molecular weight excluding hydrogens is 176 g/mol. The topological polar surface area (TPSA) is 33.1 Å². The highest BCUT2D eigenvalue weighted by Gasteiger charge is 2.24. The van der Waals surface area contributed by atoms with Gasteiger partial charge in [-0.2, -0.15) is 0 Å². The molecule has 0 bridgehead atoms. The van der Waals surface area contributed by atoms with Gasteiger partial charge in [-0.05, 0) is 19.9 Å². The van der Waals surface area contributed by atoms with Gasteiger partial charge in [-0.15, -0.1) is 0 Å². The molecule has 1 rings (SSSR count). The molecular formula is C9H11F2NO. The van der Waals surface area contributed by atoms with Gasteiger partial charge in [0.25, 0.3) is 6.43 Å². The standard InChI is InChI=1S/C9H11F2NO/c1-9(2,13)6-4-3-5-12-7(6)8(10)11/h3-5,8,13H,1-2H3. The van der Waals surface area contributed by atoms with Gasteiger partial charge in [0.05, 0.1) is 5.60 Å². The average molecular weight is 187 g/mol. The summed E-state index contributed by atoms with van der Waals surface area (Å²) in [5.41, 5.74) is -1.46. The molecule has 0 aliphatic rings. The molecule has 0 amide bonds. The first-order chi connectivity index (χ1) is 5.93. The van der Waals surface area contributed by atoms with Gasteiger partial charge in [0.15, 0.2) is 0 Å². The number of nitrogens with zero attached hydrogens (tertiary/aromatic N) is 1. The summed E-state index contributed by atoms with van der Waals surface area (Å²) in [5, 5.41) is 9.55. The fourth-order valence-electron chi connectivity index (χ4n) is 1.11. The Morgan fingerprint density at radius 3 is 2.46 bits per heavy atom. The van der Waals surface area contributed by atoms with Gasteiger partial charge in [0.1, 0.15) is 5.69 Å². The van der Waals surface area contributed by atoms with E-state index in [9.17, 15) is 13.9 Å². The van der Waals surface area contributed by atoms with Crippen molar-refractivity contribution in [2.45, 2.75) is 25.9 Å². The number of halogens is 2. The molecule has 0 fully saturated rings. The third-order valence-corrected chi connectivity index (χ3v) is 1.70. The molecule has 0 atom stereocenters. The van der Waals surface area contributed by atoms with Crippen molar-refractivity contribution in [1.82, 2.24) is 4.98 Å². The first-order valence-electron chi connectivity index (χ1n) is 3.89. The molecule has 13 heavy (non-hydrogen) atoms. The second-order valence-corrected chi connectivity index (χ2v) is 3.30. The van der Waals surface area contributed by atoms with Crippen molar-refractivity contribution >= 4 is 0 Å². The number of hydrogen-bond acceptors (Lipinski definition) is 2. The average Bonchev–Trinajstić information content (AvgIpc) is 2.03. The molecule has 1 heterocycles. The van der Waals surface area contributed by atoms with Crippen molar-refractivity contribution < 1.29 is 13.9 Å². The SMILES string of the molecule is CC(C)(O)c1cccnc1C(F)F. The smallest absolute Gasteiger partial charge is 0.280 e. The Kier molecular flexibility index (Phi) is 2.61. The maximum Gasteiger partial charge on any atom is 0.280 e. The van der Waals surface area contributed by atoms with Crippen LogP contribution in [-0.2, 0) is 5.60 Å². The third kappa shape index (κ3) is 2.21. The van der Waals surface area contributed by atoms with Gasteiger partial charge >= 0.3 is 0 Å². The van der Waals surface area contributed by atoms with Crippen LogP contribution in [0, 0.1) is 0 Å². The number of hydrogen-bond donors (Lipinski definition) is 1. The summed E-state index contributed by atoms with van der Waals surface area (Å²) >= 11 is 0. The van der Waals surface area contributed by atoms with Crippen LogP contribution in [0.2, 0.25) is 0 Å². The van der Waals surface area contributed by atoms with Crippen molar-refractivity contribution in [2.24, 2.45) is 0 Å². The molecule has 0 spiro atoms. The van der Waals surface area contributed by atoms with E-state index in [1.807, 2.05) is 0 Å². The molecule has 1 aromatic rings. The Bertz CT molecular complexity index is 294. The van der Waals surface area contributed by atoms with Crippen LogP contribution in [0.1, 0.15) is 31.5 Å². The van der Waals surface area contributed by atoms with Crippen LogP contribution in [0.15, 0.2) is 18.3 Å². The lowest BCUT2D eigenvalue weighted by atomic mass is 9.97. The summed E-state index contributed by atoms with van der Waals surface area (Å²) in [7, 11) is 0. The van der Waals surface area contributed by atoms with Crippen LogP contribution in [0.4, 0.5) is 8.78 Å². The molecule has 4 heteroatoms. The lowest BCUT2D eigenvalue weighted by Crippen LogP contribution is -2.18. The van der Waals surface area contributed by atoms with E-state index in [2.05, 4.69) is 4.98 Å². The van der Waals surface area contributed by atoms with Gasteiger partial charge in [-0.3, -0.25) is 4.98 Å². The van der Waals surface area contributed by atoms with E-state index in [-0.39, 0.29) is 11.3 Å². The van der Waals surface area contributed by atoms with Crippen molar-refractivity contribution in [1.29, 1.82) is 0 Å². The largest absolute Gasteiger partial charge is 0.386 e. The highest BCUT2D eigenvalue weighted by Crippen LogP contribution is 2.28. The quantitative estimate of drug-likeness (QED) is 0.770. The summed E-state index contributed by atoms with van der Waals surface area (Å²) in [5.74, 6) is 0. The molecule has 0 unspecified atom stereocenters. The van der Waals surface area contributed by atoms with Crippen LogP contribution in [0.5, 0.6) is 0 Å². The summed E-state index contributed by atoms with van der Waals surface area (Å²) in [6.07, 6.45) is -1.36. The van der Waals surface area contributed by atoms with Gasteiger partial charge < -0.3 is 5.11 Å². The number of alkyl halides is 2. The normalized spacial score (nSPS) is 12.2. The van der Waals surface area contributed by atoms with Crippen LogP contribution in [0.3, 0.4) is 0 Å². The zero-order valence-corrected chi connectivity index (χ0v) is 7.46. The van der Waals surface area contributed by atoms with Crippen LogP contribution < -0.4 is 0 Å². The van der Waals surface area contributed by atoms with Gasteiger partial charge in [-0.1, -0.05) is 6.07 Å². The van der Waals surface area contributed by atoms with Gasteiger partial charge in [0.2, 0.25) is 0 Å². The molecule has 0 aliphatic carbocycles. The zero-order valence-electron chi connectivity index (χ0n) is 7.46. The molecule has 2 nitrogen and oxygen atoms in total. The van der Waals surface area contributed by atoms with Gasteiger partial charge in [-0.25, -0.2) is 8.78 Å². The van der Waals surface area contributed by atoms with E-state index in [0.717, 1.165) is 0 Å². The second kappa shape index (κ2) is 3.38. The predicted octanol–water partition coefficient (Wildman–Crippen LogP) is 2.25. The first kappa shape index (κ1) is 10.1. The van der Waals surface area contributed by atoms with E-state index in [0.29, 0.717) is 0 Å². The van der Waals surface area contributed by atoms with Gasteiger partial charge in [0, 0.05) is 11.8 Å². The predicted molar refractivity (Wildman–Crippen MR) is 44.4 cm³/mol. The maximum atomic E-state index is 12.4. The third-order valence-electron chi connectivity index (χ3n) is 1.70. The minimum atomic E-state index is -2.65. The monoisotopic (exact) mass is 187 g/mol. The molecule has 0 aromatic carbocycles. The first-order valence-corrected chi connectivity index (χ1v) is 3.89. The number of aliphatic hydroxyl groups is 1. The van der Waals surface area contributed by atoms with E-state index in [4.69, 9.17) is 0 Å². The Hall–Kier alpha value is -1.03. The molecule has 72 valence electrons. The Morgan fingerprint density at radius 2 is 2.08 bits per heavy atom. The van der Waals surface area contributed by atoms with Crippen molar-refractivity contribution in [3.05, 3.63) is 29.6 Å². The summed E-state index contributed by atoms with van der Waals surface area (Å²) < 4.78 is 24.8. The molecule has 0 aliphatic heterocycles. The lowest BCUT2D eigenvalue weighted by Gasteiger charge is -2.20.